The molecule has 0 rings (SSSR count). The molecule has 0 fully saturated rings. The summed E-state index contributed by atoms with van der Waals surface area (Å²) in [7, 11) is -5.29. The Morgan fingerprint density at radius 2 is 1.82 bits per heavy atom. The average molecular weight is 276 g/mol. The molecule has 0 spiro atoms. The van der Waals surface area contributed by atoms with Crippen LogP contribution in [0.3, 0.4) is 0 Å². The van der Waals surface area contributed by atoms with Gasteiger partial charge in [0.1, 0.15) is 15.0 Å². The van der Waals surface area contributed by atoms with Crippen molar-refractivity contribution in [1.29, 1.82) is 5.41 Å². The predicted octanol–water partition coefficient (Wildman–Crippen LogP) is 2.17. The summed E-state index contributed by atoms with van der Waals surface area (Å²) in [5, 5.41) is 13.2. The van der Waals surface area contributed by atoms with Crippen LogP contribution < -0.4 is 10.9 Å². The zero-order chi connectivity index (χ0) is 14.1. The van der Waals surface area contributed by atoms with E-state index in [1.807, 2.05) is 33.9 Å². The smallest absolute Gasteiger partial charge is 0.195 e. The molecule has 0 amide bonds. The monoisotopic (exact) mass is 276 g/mol. The van der Waals surface area contributed by atoms with Gasteiger partial charge in [0.25, 0.3) is 0 Å². The maximum atomic E-state index is 12.3. The van der Waals surface area contributed by atoms with Crippen LogP contribution in [0, 0.1) is 5.41 Å². The molecule has 0 bridgehead atoms. The van der Waals surface area contributed by atoms with E-state index < -0.39 is 18.2 Å². The topological polar surface area (TPSA) is 105 Å². The van der Waals surface area contributed by atoms with E-state index in [9.17, 15) is 4.21 Å². The Balaban J connectivity index is 5.65. The second-order valence-corrected chi connectivity index (χ2v) is 12.5. The van der Waals surface area contributed by atoms with E-state index in [2.05, 4.69) is 4.03 Å². The van der Waals surface area contributed by atoms with Crippen molar-refractivity contribution in [3.8, 4) is 0 Å². The van der Waals surface area contributed by atoms with Gasteiger partial charge in [-0.05, 0) is 31.3 Å². The first-order valence-electron chi connectivity index (χ1n) is 5.38. The summed E-state index contributed by atoms with van der Waals surface area (Å²) in [6, 6.07) is 0. The van der Waals surface area contributed by atoms with Crippen LogP contribution in [0.1, 0.15) is 27.7 Å². The Hall–Kier alpha value is -0.663. The molecule has 0 aliphatic heterocycles. The highest BCUT2D eigenvalue weighted by Gasteiger charge is 2.37. The summed E-state index contributed by atoms with van der Waals surface area (Å²) in [4.78, 5) is 0. The first kappa shape index (κ1) is 16.3. The molecular formula is C10H24N4OSSi. The fraction of sp³-hybridized carbons (Fsp3) is 0.700. The van der Waals surface area contributed by atoms with Crippen molar-refractivity contribution >= 4 is 23.2 Å². The van der Waals surface area contributed by atoms with Crippen LogP contribution in [0.4, 0.5) is 0 Å². The molecule has 0 saturated heterocycles. The van der Waals surface area contributed by atoms with Crippen LogP contribution in [0.15, 0.2) is 15.8 Å². The van der Waals surface area contributed by atoms with Crippen LogP contribution in [-0.4, -0.2) is 17.5 Å². The van der Waals surface area contributed by atoms with E-state index >= 15 is 0 Å². The van der Waals surface area contributed by atoms with Crippen molar-refractivity contribution in [2.75, 3.05) is 0 Å². The Labute approximate surface area is 106 Å². The number of nitrogens with two attached hydrogens (primary N) is 2. The zero-order valence-corrected chi connectivity index (χ0v) is 13.3. The van der Waals surface area contributed by atoms with Crippen molar-refractivity contribution in [3.63, 3.8) is 0 Å². The molecule has 0 aliphatic rings. The van der Waals surface area contributed by atoms with E-state index in [4.69, 9.17) is 16.3 Å². The highest BCUT2D eigenvalue weighted by Crippen LogP contribution is 2.37. The molecule has 0 heterocycles. The van der Waals surface area contributed by atoms with Gasteiger partial charge in [-0.1, -0.05) is 20.8 Å². The van der Waals surface area contributed by atoms with E-state index in [-0.39, 0.29) is 10.1 Å². The first-order chi connectivity index (χ1) is 7.35. The minimum absolute atomic E-state index is 0.0599. The second kappa shape index (κ2) is 4.91. The highest BCUT2D eigenvalue weighted by atomic mass is 32.2. The minimum atomic E-state index is -3.14. The Morgan fingerprint density at radius 1 is 1.41 bits per heavy atom. The second-order valence-electron chi connectivity index (χ2n) is 5.65. The lowest BCUT2D eigenvalue weighted by molar-refractivity contribution is 0.682. The normalized spacial score (nSPS) is 17.5. The lowest BCUT2D eigenvalue weighted by Gasteiger charge is -2.32. The molecule has 5 N–H and O–H groups in total. The van der Waals surface area contributed by atoms with Gasteiger partial charge in [-0.2, -0.15) is 0 Å². The molecule has 7 heteroatoms. The van der Waals surface area contributed by atoms with Gasteiger partial charge >= 0.3 is 0 Å². The van der Waals surface area contributed by atoms with Gasteiger partial charge < -0.3 is 5.73 Å². The largest absolute Gasteiger partial charge is 0.404 e. The molecule has 0 aromatic heterocycles. The Bertz CT molecular complexity index is 453. The SMILES string of the molecule is C/C(=C/N)C(=N)S(N)(=O)=N[Si](C)(C)C(C)(C)C. The summed E-state index contributed by atoms with van der Waals surface area (Å²) in [6.07, 6.45) is 1.23. The molecule has 1 atom stereocenters. The lowest BCUT2D eigenvalue weighted by atomic mass is 10.2. The summed E-state index contributed by atoms with van der Waals surface area (Å²) in [5.74, 6) is 0. The summed E-state index contributed by atoms with van der Waals surface area (Å²) < 4.78 is 16.6. The van der Waals surface area contributed by atoms with E-state index in [1.54, 1.807) is 6.92 Å². The van der Waals surface area contributed by atoms with E-state index in [0.717, 1.165) is 0 Å². The Kier molecular flexibility index (Phi) is 4.72. The minimum Gasteiger partial charge on any atom is -0.404 e. The molecule has 0 radical (unpaired) electrons. The number of rotatable bonds is 2. The Morgan fingerprint density at radius 3 is 2.12 bits per heavy atom. The van der Waals surface area contributed by atoms with Gasteiger partial charge in [0.15, 0.2) is 8.24 Å². The third-order valence-corrected chi connectivity index (χ3v) is 10.6. The molecular weight excluding hydrogens is 252 g/mol. The van der Waals surface area contributed by atoms with Crippen molar-refractivity contribution in [2.45, 2.75) is 45.8 Å². The third-order valence-electron chi connectivity index (χ3n) is 3.10. The van der Waals surface area contributed by atoms with Gasteiger partial charge in [0.2, 0.25) is 0 Å². The fourth-order valence-corrected chi connectivity index (χ4v) is 5.53. The van der Waals surface area contributed by atoms with Crippen molar-refractivity contribution in [1.82, 2.24) is 0 Å². The molecule has 100 valence electrons. The molecule has 1 unspecified atom stereocenters. The van der Waals surface area contributed by atoms with Gasteiger partial charge in [-0.25, -0.2) is 9.35 Å². The standard InChI is InChI=1S/C10H24N4OSSi/c1-8(7-11)9(12)16(13,15)14-17(5,6)10(2,3)4/h7,12H,11H2,1-6H3,(H2,13,14,15)/b8-7-,12-9?. The van der Waals surface area contributed by atoms with Crippen LogP contribution >= 0.6 is 0 Å². The predicted molar refractivity (Wildman–Crippen MR) is 77.6 cm³/mol. The van der Waals surface area contributed by atoms with Gasteiger partial charge in [0.05, 0.1) is 0 Å². The summed E-state index contributed by atoms with van der Waals surface area (Å²) in [6.45, 7) is 11.7. The van der Waals surface area contributed by atoms with Gasteiger partial charge in [0, 0.05) is 5.57 Å². The van der Waals surface area contributed by atoms with Crippen LogP contribution in [0.5, 0.6) is 0 Å². The van der Waals surface area contributed by atoms with Gasteiger partial charge in [-0.3, -0.25) is 9.44 Å². The van der Waals surface area contributed by atoms with Crippen molar-refractivity contribution in [2.24, 2.45) is 14.9 Å². The number of hydrogen-bond donors (Lipinski definition) is 3. The first-order valence-corrected chi connectivity index (χ1v) is 9.91. The highest BCUT2D eigenvalue weighted by molar-refractivity contribution is 8.07. The van der Waals surface area contributed by atoms with Crippen molar-refractivity contribution < 1.29 is 4.21 Å². The summed E-state index contributed by atoms with van der Waals surface area (Å²) >= 11 is 0. The summed E-state index contributed by atoms with van der Waals surface area (Å²) in [5.41, 5.74) is 5.71. The molecule has 0 saturated carbocycles. The average Bonchev–Trinajstić information content (AvgIpc) is 2.12. The fourth-order valence-electron chi connectivity index (χ4n) is 0.828. The van der Waals surface area contributed by atoms with E-state index in [0.29, 0.717) is 5.57 Å². The number of hydrogen-bond acceptors (Lipinski definition) is 4. The molecule has 0 aromatic carbocycles. The van der Waals surface area contributed by atoms with Crippen LogP contribution in [0.25, 0.3) is 0 Å². The maximum Gasteiger partial charge on any atom is 0.195 e. The molecule has 0 aliphatic carbocycles. The lowest BCUT2D eigenvalue weighted by Crippen LogP contribution is -2.39. The number of nitrogens with zero attached hydrogens (tertiary/aromatic N) is 1. The molecule has 5 nitrogen and oxygen atoms in total. The van der Waals surface area contributed by atoms with Gasteiger partial charge in [-0.15, -0.1) is 0 Å². The van der Waals surface area contributed by atoms with Crippen LogP contribution in [0.2, 0.25) is 18.1 Å². The molecule has 0 aromatic rings. The quantitative estimate of drug-likeness (QED) is 0.408. The van der Waals surface area contributed by atoms with E-state index in [1.165, 1.54) is 6.20 Å². The van der Waals surface area contributed by atoms with Crippen LogP contribution in [-0.2, 0) is 9.92 Å². The number of nitrogens with one attached hydrogen (secondary N) is 1. The third kappa shape index (κ3) is 3.93. The van der Waals surface area contributed by atoms with Crippen molar-refractivity contribution in [3.05, 3.63) is 11.8 Å². The zero-order valence-electron chi connectivity index (χ0n) is 11.5. The molecule has 17 heavy (non-hydrogen) atoms. The maximum absolute atomic E-state index is 12.3.